The van der Waals surface area contributed by atoms with Crippen molar-refractivity contribution < 1.29 is 13.6 Å². The standard InChI is InChI=1S/C12H11F2NO/c13-8-4-5-12(11(14)6-8)15-9-2-1-3-10(16)7-9/h4-7,15H,1-3H2. The number of halogens is 2. The van der Waals surface area contributed by atoms with Gasteiger partial charge in [0.25, 0.3) is 0 Å². The van der Waals surface area contributed by atoms with E-state index in [9.17, 15) is 13.6 Å². The molecule has 1 aliphatic carbocycles. The van der Waals surface area contributed by atoms with Crippen molar-refractivity contribution in [1.82, 2.24) is 0 Å². The molecule has 0 spiro atoms. The third-order valence-corrected chi connectivity index (χ3v) is 2.43. The molecule has 0 saturated carbocycles. The fourth-order valence-electron chi connectivity index (χ4n) is 1.65. The molecule has 2 nitrogen and oxygen atoms in total. The van der Waals surface area contributed by atoms with Gasteiger partial charge in [0.15, 0.2) is 5.78 Å². The highest BCUT2D eigenvalue weighted by atomic mass is 19.1. The van der Waals surface area contributed by atoms with E-state index >= 15 is 0 Å². The minimum atomic E-state index is -0.654. The molecule has 1 aliphatic rings. The highest BCUT2D eigenvalue weighted by Crippen LogP contribution is 2.21. The lowest BCUT2D eigenvalue weighted by molar-refractivity contribution is -0.115. The van der Waals surface area contributed by atoms with Crippen molar-refractivity contribution >= 4 is 11.5 Å². The summed E-state index contributed by atoms with van der Waals surface area (Å²) in [6, 6.07) is 3.31. The lowest BCUT2D eigenvalue weighted by Crippen LogP contribution is -2.10. The number of hydrogen-bond donors (Lipinski definition) is 1. The average Bonchev–Trinajstić information content (AvgIpc) is 2.22. The van der Waals surface area contributed by atoms with E-state index in [0.29, 0.717) is 18.5 Å². The van der Waals surface area contributed by atoms with Crippen LogP contribution in [0.3, 0.4) is 0 Å². The summed E-state index contributed by atoms with van der Waals surface area (Å²) in [5, 5.41) is 2.81. The quantitative estimate of drug-likeness (QED) is 0.835. The molecule has 16 heavy (non-hydrogen) atoms. The highest BCUT2D eigenvalue weighted by molar-refractivity contribution is 5.91. The summed E-state index contributed by atoms with van der Waals surface area (Å²) in [5.74, 6) is -1.23. The van der Waals surface area contributed by atoms with Gasteiger partial charge in [-0.2, -0.15) is 0 Å². The molecule has 0 heterocycles. The molecule has 0 aromatic heterocycles. The Bertz CT molecular complexity index is 454. The van der Waals surface area contributed by atoms with Gasteiger partial charge in [-0.15, -0.1) is 0 Å². The Morgan fingerprint density at radius 1 is 1.19 bits per heavy atom. The van der Waals surface area contributed by atoms with E-state index in [-0.39, 0.29) is 11.5 Å². The van der Waals surface area contributed by atoms with E-state index in [4.69, 9.17) is 0 Å². The average molecular weight is 223 g/mol. The summed E-state index contributed by atoms with van der Waals surface area (Å²) in [6.07, 6.45) is 3.49. The summed E-state index contributed by atoms with van der Waals surface area (Å²) < 4.78 is 25.9. The van der Waals surface area contributed by atoms with Crippen molar-refractivity contribution in [2.75, 3.05) is 5.32 Å². The second-order valence-electron chi connectivity index (χ2n) is 3.74. The summed E-state index contributed by atoms with van der Waals surface area (Å²) in [4.78, 5) is 11.1. The minimum absolute atomic E-state index is 0.0382. The first-order valence-corrected chi connectivity index (χ1v) is 5.10. The van der Waals surface area contributed by atoms with Gasteiger partial charge >= 0.3 is 0 Å². The number of hydrogen-bond acceptors (Lipinski definition) is 2. The van der Waals surface area contributed by atoms with Crippen LogP contribution in [0, 0.1) is 11.6 Å². The molecule has 0 radical (unpaired) electrons. The number of carbonyl (C=O) groups excluding carboxylic acids is 1. The van der Waals surface area contributed by atoms with Gasteiger partial charge < -0.3 is 5.32 Å². The number of ketones is 1. The highest BCUT2D eigenvalue weighted by Gasteiger charge is 2.11. The Balaban J connectivity index is 2.17. The van der Waals surface area contributed by atoms with Crippen LogP contribution in [0.4, 0.5) is 14.5 Å². The molecule has 2 rings (SSSR count). The Morgan fingerprint density at radius 2 is 2.00 bits per heavy atom. The van der Waals surface area contributed by atoms with Gasteiger partial charge in [0.05, 0.1) is 5.69 Å². The van der Waals surface area contributed by atoms with Gasteiger partial charge in [-0.25, -0.2) is 8.78 Å². The first-order valence-electron chi connectivity index (χ1n) is 5.10. The molecule has 0 unspecified atom stereocenters. The van der Waals surface area contributed by atoms with Crippen LogP contribution in [0.5, 0.6) is 0 Å². The second-order valence-corrected chi connectivity index (χ2v) is 3.74. The van der Waals surface area contributed by atoms with Crippen LogP contribution in [0.25, 0.3) is 0 Å². The van der Waals surface area contributed by atoms with Crippen LogP contribution in [-0.2, 0) is 4.79 Å². The maximum atomic E-state index is 13.3. The number of allylic oxidation sites excluding steroid dienone is 2. The number of nitrogens with one attached hydrogen (secondary N) is 1. The van der Waals surface area contributed by atoms with Gasteiger partial charge in [-0.1, -0.05) is 0 Å². The summed E-state index contributed by atoms with van der Waals surface area (Å²) >= 11 is 0. The summed E-state index contributed by atoms with van der Waals surface area (Å²) in [5.41, 5.74) is 0.879. The van der Waals surface area contributed by atoms with Gasteiger partial charge in [0.2, 0.25) is 0 Å². The molecular formula is C12H11F2NO. The number of benzene rings is 1. The topological polar surface area (TPSA) is 29.1 Å². The fourth-order valence-corrected chi connectivity index (χ4v) is 1.65. The first kappa shape index (κ1) is 10.8. The van der Waals surface area contributed by atoms with Crippen molar-refractivity contribution in [3.8, 4) is 0 Å². The molecular weight excluding hydrogens is 212 g/mol. The van der Waals surface area contributed by atoms with Crippen molar-refractivity contribution in [2.24, 2.45) is 0 Å². The van der Waals surface area contributed by atoms with E-state index in [1.54, 1.807) is 0 Å². The van der Waals surface area contributed by atoms with E-state index in [2.05, 4.69) is 5.32 Å². The largest absolute Gasteiger partial charge is 0.356 e. The molecule has 84 valence electrons. The van der Waals surface area contributed by atoms with Crippen LogP contribution in [0.15, 0.2) is 30.0 Å². The van der Waals surface area contributed by atoms with Crippen molar-refractivity contribution in [2.45, 2.75) is 19.3 Å². The van der Waals surface area contributed by atoms with Gasteiger partial charge in [-0.3, -0.25) is 4.79 Å². The molecule has 0 saturated heterocycles. The molecule has 1 aromatic carbocycles. The lowest BCUT2D eigenvalue weighted by atomic mass is 10.0. The predicted molar refractivity (Wildman–Crippen MR) is 56.9 cm³/mol. The smallest absolute Gasteiger partial charge is 0.157 e. The normalized spacial score (nSPS) is 15.9. The minimum Gasteiger partial charge on any atom is -0.356 e. The van der Waals surface area contributed by atoms with Crippen LogP contribution >= 0.6 is 0 Å². The van der Waals surface area contributed by atoms with E-state index in [1.165, 1.54) is 18.2 Å². The van der Waals surface area contributed by atoms with Gasteiger partial charge in [0.1, 0.15) is 11.6 Å². The monoisotopic (exact) mass is 223 g/mol. The molecule has 0 aliphatic heterocycles. The van der Waals surface area contributed by atoms with Crippen molar-refractivity contribution in [3.63, 3.8) is 0 Å². The number of rotatable bonds is 2. The maximum absolute atomic E-state index is 13.3. The number of anilines is 1. The summed E-state index contributed by atoms with van der Waals surface area (Å²) in [6.45, 7) is 0. The third-order valence-electron chi connectivity index (χ3n) is 2.43. The van der Waals surface area contributed by atoms with Crippen molar-refractivity contribution in [1.29, 1.82) is 0 Å². The van der Waals surface area contributed by atoms with Gasteiger partial charge in [-0.05, 0) is 25.0 Å². The zero-order valence-corrected chi connectivity index (χ0v) is 8.59. The zero-order chi connectivity index (χ0) is 11.5. The van der Waals surface area contributed by atoms with Crippen LogP contribution in [-0.4, -0.2) is 5.78 Å². The molecule has 0 fully saturated rings. The Morgan fingerprint density at radius 3 is 2.69 bits per heavy atom. The Hall–Kier alpha value is -1.71. The molecule has 0 amide bonds. The maximum Gasteiger partial charge on any atom is 0.157 e. The Labute approximate surface area is 92.0 Å². The molecule has 1 N–H and O–H groups in total. The molecule has 0 bridgehead atoms. The predicted octanol–water partition coefficient (Wildman–Crippen LogP) is 3.01. The van der Waals surface area contributed by atoms with Crippen molar-refractivity contribution in [3.05, 3.63) is 41.6 Å². The SMILES string of the molecule is O=C1C=C(Nc2ccc(F)cc2F)CCC1. The molecule has 1 aromatic rings. The summed E-state index contributed by atoms with van der Waals surface area (Å²) in [7, 11) is 0. The zero-order valence-electron chi connectivity index (χ0n) is 8.59. The number of carbonyl (C=O) groups is 1. The first-order chi connectivity index (χ1) is 7.65. The second kappa shape index (κ2) is 4.43. The van der Waals surface area contributed by atoms with Gasteiger partial charge in [0, 0.05) is 24.3 Å². The molecule has 0 atom stereocenters. The fraction of sp³-hybridized carbons (Fsp3) is 0.250. The van der Waals surface area contributed by atoms with E-state index < -0.39 is 11.6 Å². The van der Waals surface area contributed by atoms with Crippen LogP contribution in [0.2, 0.25) is 0 Å². The Kier molecular flexibility index (Phi) is 2.99. The molecule has 4 heteroatoms. The van der Waals surface area contributed by atoms with E-state index in [1.807, 2.05) is 0 Å². The third kappa shape index (κ3) is 2.45. The van der Waals surface area contributed by atoms with Crippen LogP contribution in [0.1, 0.15) is 19.3 Å². The lowest BCUT2D eigenvalue weighted by Gasteiger charge is -2.14. The van der Waals surface area contributed by atoms with E-state index in [0.717, 1.165) is 12.5 Å². The van der Waals surface area contributed by atoms with Crippen LogP contribution < -0.4 is 5.32 Å².